The van der Waals surface area contributed by atoms with E-state index in [0.29, 0.717) is 28.6 Å². The largest absolute Gasteiger partial charge is 0.633 e. The molecule has 174 valence electrons. The molecular weight excluding hydrogens is 490 g/mol. The summed E-state index contributed by atoms with van der Waals surface area (Å²) >= 11 is 3.22. The summed E-state index contributed by atoms with van der Waals surface area (Å²) in [6, 6.07) is 7.40. The zero-order valence-electron chi connectivity index (χ0n) is 18.8. The number of fused-ring (bicyclic) bond motifs is 2. The molecule has 0 radical (unpaired) electrons. The molecule has 1 fully saturated rings. The van der Waals surface area contributed by atoms with E-state index in [2.05, 4.69) is 38.8 Å². The predicted molar refractivity (Wildman–Crippen MR) is 125 cm³/mol. The van der Waals surface area contributed by atoms with Gasteiger partial charge in [0.1, 0.15) is 17.2 Å². The van der Waals surface area contributed by atoms with Crippen LogP contribution in [0.4, 0.5) is 0 Å². The summed E-state index contributed by atoms with van der Waals surface area (Å²) in [6.45, 7) is 0.400. The smallest absolute Gasteiger partial charge is 0.344 e. The van der Waals surface area contributed by atoms with Crippen molar-refractivity contribution in [2.24, 2.45) is 13.0 Å². The number of likely N-dealkylation sites (N-methyl/N-ethyl adjacent to an activating group) is 1. The standard InChI is InChI=1S/C24H26BrN3O5/c1-26-10-16-8-21-24(32-3,19-5-4-6-20(26)22(16)19)9-15(13-28(21,2)31)14-33-23(29)17-7-18(25)12-27(30)11-17/h4-7,10-12,15,21H,8-9,13-14H2,1-3H3/t15-,21?,24+,28?/m1/s1. The average Bonchev–Trinajstić information content (AvgIpc) is 3.08. The van der Waals surface area contributed by atoms with Gasteiger partial charge in [0.05, 0.1) is 24.7 Å². The van der Waals surface area contributed by atoms with Crippen LogP contribution in [-0.2, 0) is 28.5 Å². The molecule has 33 heavy (non-hydrogen) atoms. The highest BCUT2D eigenvalue weighted by Gasteiger charge is 2.57. The summed E-state index contributed by atoms with van der Waals surface area (Å²) in [7, 11) is 5.38. The van der Waals surface area contributed by atoms with Gasteiger partial charge < -0.3 is 29.1 Å². The minimum Gasteiger partial charge on any atom is -0.633 e. The molecule has 1 saturated heterocycles. The Bertz CT molecular complexity index is 1240. The van der Waals surface area contributed by atoms with Crippen LogP contribution >= 0.6 is 15.9 Å². The van der Waals surface area contributed by atoms with Crippen molar-refractivity contribution in [3.05, 3.63) is 74.4 Å². The summed E-state index contributed by atoms with van der Waals surface area (Å²) in [5.41, 5.74) is 2.71. The van der Waals surface area contributed by atoms with Gasteiger partial charge in [-0.3, -0.25) is 0 Å². The number of hydroxylamine groups is 3. The fraction of sp³-hybridized carbons (Fsp3) is 0.417. The number of quaternary nitrogens is 1. The Morgan fingerprint density at radius 3 is 2.91 bits per heavy atom. The number of carbonyl (C=O) groups is 1. The number of esters is 1. The van der Waals surface area contributed by atoms with Crippen molar-refractivity contribution in [2.75, 3.05) is 27.3 Å². The van der Waals surface area contributed by atoms with E-state index in [1.54, 1.807) is 14.2 Å². The minimum absolute atomic E-state index is 0.0791. The van der Waals surface area contributed by atoms with Gasteiger partial charge in [-0.05, 0) is 45.6 Å². The van der Waals surface area contributed by atoms with Crippen LogP contribution < -0.4 is 4.73 Å². The predicted octanol–water partition coefficient (Wildman–Crippen LogP) is 3.16. The van der Waals surface area contributed by atoms with Gasteiger partial charge in [0.2, 0.25) is 0 Å². The molecule has 2 aromatic heterocycles. The molecule has 0 bridgehead atoms. The molecule has 2 aliphatic rings. The number of carbonyl (C=O) groups excluding carboxylic acids is 1. The Morgan fingerprint density at radius 2 is 2.18 bits per heavy atom. The zero-order valence-corrected chi connectivity index (χ0v) is 20.4. The molecule has 3 heterocycles. The van der Waals surface area contributed by atoms with Gasteiger partial charge in [0, 0.05) is 43.6 Å². The maximum Gasteiger partial charge on any atom is 0.344 e. The lowest BCUT2D eigenvalue weighted by molar-refractivity contribution is -0.906. The van der Waals surface area contributed by atoms with Gasteiger partial charge in [0.15, 0.2) is 12.4 Å². The van der Waals surface area contributed by atoms with Crippen molar-refractivity contribution in [2.45, 2.75) is 24.5 Å². The van der Waals surface area contributed by atoms with Crippen molar-refractivity contribution in [3.8, 4) is 0 Å². The first kappa shape index (κ1) is 22.3. The quantitative estimate of drug-likeness (QED) is 0.230. The van der Waals surface area contributed by atoms with E-state index in [9.17, 15) is 15.2 Å². The Balaban J connectivity index is 1.46. The number of hydrogen-bond acceptors (Lipinski definition) is 5. The van der Waals surface area contributed by atoms with Crippen LogP contribution in [0.3, 0.4) is 0 Å². The number of methoxy groups -OCH3 is 1. The van der Waals surface area contributed by atoms with Gasteiger partial charge in [-0.2, -0.15) is 4.73 Å². The average molecular weight is 516 g/mol. The molecule has 2 unspecified atom stereocenters. The lowest BCUT2D eigenvalue weighted by Crippen LogP contribution is -2.67. The first-order valence-electron chi connectivity index (χ1n) is 10.9. The van der Waals surface area contributed by atoms with Crippen LogP contribution in [0, 0.1) is 16.3 Å². The van der Waals surface area contributed by atoms with E-state index >= 15 is 0 Å². The third kappa shape index (κ3) is 3.54. The number of hydrogen-bond donors (Lipinski definition) is 0. The normalized spacial score (nSPS) is 28.5. The number of ether oxygens (including phenoxy) is 2. The summed E-state index contributed by atoms with van der Waals surface area (Å²) in [4.78, 5) is 12.6. The van der Waals surface area contributed by atoms with Crippen molar-refractivity contribution < 1.29 is 23.6 Å². The van der Waals surface area contributed by atoms with Gasteiger partial charge in [-0.25, -0.2) is 4.79 Å². The molecule has 0 saturated carbocycles. The second kappa shape index (κ2) is 7.80. The number of likely N-dealkylation sites (tertiary alicyclic amines) is 1. The van der Waals surface area contributed by atoms with Gasteiger partial charge in [-0.1, -0.05) is 12.1 Å². The Labute approximate surface area is 200 Å². The fourth-order valence-corrected chi connectivity index (χ4v) is 6.41. The molecule has 4 atom stereocenters. The van der Waals surface area contributed by atoms with E-state index < -0.39 is 16.2 Å². The maximum absolute atomic E-state index is 13.9. The molecule has 1 aromatic carbocycles. The number of benzene rings is 1. The number of piperidine rings is 1. The second-order valence-electron chi connectivity index (χ2n) is 9.41. The summed E-state index contributed by atoms with van der Waals surface area (Å²) in [5.74, 6) is -0.787. The molecule has 0 amide bonds. The lowest BCUT2D eigenvalue weighted by Gasteiger charge is -2.59. The summed E-state index contributed by atoms with van der Waals surface area (Å²) < 4.78 is 14.4. The van der Waals surface area contributed by atoms with Crippen molar-refractivity contribution in [1.29, 1.82) is 0 Å². The summed E-state index contributed by atoms with van der Waals surface area (Å²) in [5, 5.41) is 26.7. The third-order valence-corrected chi connectivity index (χ3v) is 7.67. The Morgan fingerprint density at radius 1 is 1.39 bits per heavy atom. The first-order valence-corrected chi connectivity index (χ1v) is 11.7. The van der Waals surface area contributed by atoms with E-state index in [4.69, 9.17) is 9.47 Å². The maximum atomic E-state index is 13.9. The van der Waals surface area contributed by atoms with Crippen molar-refractivity contribution in [3.63, 3.8) is 0 Å². The van der Waals surface area contributed by atoms with Gasteiger partial charge in [0.25, 0.3) is 0 Å². The van der Waals surface area contributed by atoms with E-state index in [1.807, 2.05) is 13.1 Å². The highest BCUT2D eigenvalue weighted by atomic mass is 79.9. The summed E-state index contributed by atoms with van der Waals surface area (Å²) in [6.07, 6.45) is 5.80. The number of halogens is 1. The minimum atomic E-state index is -0.770. The highest BCUT2D eigenvalue weighted by Crippen LogP contribution is 2.51. The Kier molecular flexibility index (Phi) is 5.28. The first-order chi connectivity index (χ1) is 15.6. The van der Waals surface area contributed by atoms with Crippen LogP contribution in [-0.4, -0.2) is 48.5 Å². The molecule has 5 rings (SSSR count). The van der Waals surface area contributed by atoms with Crippen LogP contribution in [0.5, 0.6) is 0 Å². The number of aromatic nitrogens is 2. The van der Waals surface area contributed by atoms with E-state index in [0.717, 1.165) is 16.5 Å². The fourth-order valence-electron chi connectivity index (χ4n) is 5.96. The lowest BCUT2D eigenvalue weighted by atomic mass is 9.68. The SMILES string of the molecule is CO[C@]12C[C@@H](COC(=O)c3cc(Br)c[n+]([O-])c3)C[N+](C)([O-])C1Cc1cn(C)c3cccc2c13. The van der Waals surface area contributed by atoms with Crippen LogP contribution in [0.15, 0.2) is 47.3 Å². The molecule has 0 spiro atoms. The number of rotatable bonds is 4. The van der Waals surface area contributed by atoms with E-state index in [-0.39, 0.29) is 24.1 Å². The molecule has 1 aliphatic heterocycles. The van der Waals surface area contributed by atoms with Crippen molar-refractivity contribution in [1.82, 2.24) is 4.57 Å². The van der Waals surface area contributed by atoms with Gasteiger partial charge >= 0.3 is 5.97 Å². The molecule has 9 heteroatoms. The zero-order chi connectivity index (χ0) is 23.5. The highest BCUT2D eigenvalue weighted by molar-refractivity contribution is 9.10. The second-order valence-corrected chi connectivity index (χ2v) is 10.3. The Hall–Kier alpha value is -2.46. The van der Waals surface area contributed by atoms with Gasteiger partial charge in [-0.15, -0.1) is 0 Å². The van der Waals surface area contributed by atoms with E-state index in [1.165, 1.54) is 24.0 Å². The molecule has 8 nitrogen and oxygen atoms in total. The number of nitrogens with zero attached hydrogens (tertiary/aromatic N) is 3. The third-order valence-electron chi connectivity index (χ3n) is 7.23. The molecule has 3 aromatic rings. The van der Waals surface area contributed by atoms with Crippen molar-refractivity contribution >= 4 is 32.8 Å². The number of aryl methyl sites for hydroxylation is 1. The van der Waals surface area contributed by atoms with Crippen LogP contribution in [0.25, 0.3) is 10.9 Å². The number of pyridine rings is 1. The monoisotopic (exact) mass is 515 g/mol. The van der Waals surface area contributed by atoms with Crippen LogP contribution in [0.1, 0.15) is 27.9 Å². The molecule has 0 N–H and O–H groups in total. The molecule has 1 aliphatic carbocycles. The molecular formula is C24H26BrN3O5. The topological polar surface area (TPSA) is 90.5 Å². The van der Waals surface area contributed by atoms with Crippen LogP contribution in [0.2, 0.25) is 0 Å².